The average Bonchev–Trinajstić information content (AvgIpc) is 3.15. The Morgan fingerprint density at radius 1 is 1.18 bits per heavy atom. The molecule has 2 fully saturated rings. The number of nitrogens with zero attached hydrogens (tertiary/aromatic N) is 4. The number of amides is 2. The number of esters is 1. The molecule has 0 radical (unpaired) electrons. The number of azide groups is 1. The predicted octanol–water partition coefficient (Wildman–Crippen LogP) is 3.70. The molecule has 0 spiro atoms. The van der Waals surface area contributed by atoms with Crippen LogP contribution in [0.15, 0.2) is 35.4 Å². The maximum absolute atomic E-state index is 13.6. The Labute approximate surface area is 193 Å². The van der Waals surface area contributed by atoms with Crippen molar-refractivity contribution >= 4 is 18.0 Å². The van der Waals surface area contributed by atoms with E-state index in [0.29, 0.717) is 25.7 Å². The minimum Gasteiger partial charge on any atom is -0.458 e. The molecule has 1 aromatic rings. The summed E-state index contributed by atoms with van der Waals surface area (Å²) in [6, 6.07) is 7.40. The molecule has 2 aliphatic rings. The molecule has 1 aromatic carbocycles. The van der Waals surface area contributed by atoms with Gasteiger partial charge in [0.1, 0.15) is 24.3 Å². The SMILES string of the molecule is CC(C)(C)OC(=O)[C@@H]1CC[C@H]2CC[C@@H](CN=[N+]=[N-])[C@@H](NC(=O)OCc3ccccc3)C(=O)N21. The van der Waals surface area contributed by atoms with E-state index in [2.05, 4.69) is 15.3 Å². The number of ether oxygens (including phenoxy) is 2. The van der Waals surface area contributed by atoms with Gasteiger partial charge in [0.25, 0.3) is 0 Å². The van der Waals surface area contributed by atoms with Crippen LogP contribution in [-0.4, -0.2) is 53.1 Å². The molecule has 10 heteroatoms. The maximum atomic E-state index is 13.6. The Morgan fingerprint density at radius 2 is 1.88 bits per heavy atom. The molecule has 2 amide bonds. The number of benzene rings is 1. The Hall–Kier alpha value is -3.26. The molecule has 0 aliphatic carbocycles. The summed E-state index contributed by atoms with van der Waals surface area (Å²) in [7, 11) is 0. The van der Waals surface area contributed by atoms with Crippen LogP contribution in [0.1, 0.15) is 52.0 Å². The topological polar surface area (TPSA) is 134 Å². The Bertz CT molecular complexity index is 910. The summed E-state index contributed by atoms with van der Waals surface area (Å²) in [6.45, 7) is 5.46. The highest BCUT2D eigenvalue weighted by molar-refractivity contribution is 5.91. The van der Waals surface area contributed by atoms with E-state index in [-0.39, 0.29) is 25.1 Å². The Morgan fingerprint density at radius 3 is 2.55 bits per heavy atom. The van der Waals surface area contributed by atoms with E-state index in [1.165, 1.54) is 0 Å². The molecule has 178 valence electrons. The normalized spacial score (nSPS) is 24.8. The van der Waals surface area contributed by atoms with E-state index in [4.69, 9.17) is 15.0 Å². The summed E-state index contributed by atoms with van der Waals surface area (Å²) in [5.41, 5.74) is 8.93. The zero-order valence-corrected chi connectivity index (χ0v) is 19.3. The van der Waals surface area contributed by atoms with E-state index in [9.17, 15) is 14.4 Å². The van der Waals surface area contributed by atoms with Gasteiger partial charge >= 0.3 is 12.1 Å². The van der Waals surface area contributed by atoms with E-state index in [1.807, 2.05) is 30.3 Å². The van der Waals surface area contributed by atoms with Gasteiger partial charge in [0.2, 0.25) is 5.91 Å². The van der Waals surface area contributed by atoms with Gasteiger partial charge in [-0.25, -0.2) is 9.59 Å². The first-order valence-corrected chi connectivity index (χ1v) is 11.2. The summed E-state index contributed by atoms with van der Waals surface area (Å²) in [4.78, 5) is 43.4. The van der Waals surface area contributed by atoms with Crippen LogP contribution in [-0.2, 0) is 25.7 Å². The van der Waals surface area contributed by atoms with Crippen molar-refractivity contribution in [3.05, 3.63) is 46.3 Å². The van der Waals surface area contributed by atoms with Gasteiger partial charge in [-0.05, 0) is 63.5 Å². The fourth-order valence-electron chi connectivity index (χ4n) is 4.45. The van der Waals surface area contributed by atoms with Crippen LogP contribution < -0.4 is 5.32 Å². The third kappa shape index (κ3) is 6.38. The molecule has 33 heavy (non-hydrogen) atoms. The second-order valence-corrected chi connectivity index (χ2v) is 9.46. The van der Waals surface area contributed by atoms with Crippen molar-refractivity contribution in [2.24, 2.45) is 11.0 Å². The van der Waals surface area contributed by atoms with Crippen molar-refractivity contribution in [3.63, 3.8) is 0 Å². The highest BCUT2D eigenvalue weighted by atomic mass is 16.6. The van der Waals surface area contributed by atoms with Crippen LogP contribution in [0.4, 0.5) is 4.79 Å². The number of fused-ring (bicyclic) bond motifs is 1. The average molecular weight is 458 g/mol. The molecule has 2 saturated heterocycles. The monoisotopic (exact) mass is 457 g/mol. The molecule has 0 aromatic heterocycles. The van der Waals surface area contributed by atoms with Crippen molar-refractivity contribution < 1.29 is 23.9 Å². The molecule has 0 saturated carbocycles. The molecular weight excluding hydrogens is 426 g/mol. The van der Waals surface area contributed by atoms with E-state index in [0.717, 1.165) is 5.56 Å². The number of rotatable bonds is 6. The first kappa shape index (κ1) is 24.4. The maximum Gasteiger partial charge on any atom is 0.408 e. The van der Waals surface area contributed by atoms with Gasteiger partial charge in [-0.2, -0.15) is 0 Å². The van der Waals surface area contributed by atoms with Gasteiger partial charge < -0.3 is 19.7 Å². The number of hydrogen-bond acceptors (Lipinski definition) is 6. The fourth-order valence-corrected chi connectivity index (χ4v) is 4.45. The summed E-state index contributed by atoms with van der Waals surface area (Å²) in [5, 5.41) is 6.32. The lowest BCUT2D eigenvalue weighted by Gasteiger charge is -2.32. The summed E-state index contributed by atoms with van der Waals surface area (Å²) < 4.78 is 10.9. The lowest BCUT2D eigenvalue weighted by atomic mass is 9.93. The molecule has 1 N–H and O–H groups in total. The summed E-state index contributed by atoms with van der Waals surface area (Å²) in [6.07, 6.45) is 1.66. The second-order valence-electron chi connectivity index (χ2n) is 9.46. The number of carbonyl (C=O) groups is 3. The van der Waals surface area contributed by atoms with Crippen LogP contribution in [0.2, 0.25) is 0 Å². The third-order valence-electron chi connectivity index (χ3n) is 5.91. The first-order chi connectivity index (χ1) is 15.7. The third-order valence-corrected chi connectivity index (χ3v) is 5.91. The summed E-state index contributed by atoms with van der Waals surface area (Å²) in [5.74, 6) is -1.22. The second kappa shape index (κ2) is 10.6. The lowest BCUT2D eigenvalue weighted by molar-refractivity contribution is -0.164. The van der Waals surface area contributed by atoms with E-state index >= 15 is 0 Å². The van der Waals surface area contributed by atoms with Crippen molar-refractivity contribution in [3.8, 4) is 0 Å². The van der Waals surface area contributed by atoms with Gasteiger partial charge in [-0.3, -0.25) is 4.79 Å². The molecular formula is C23H31N5O5. The number of hydrogen-bond donors (Lipinski definition) is 1. The Kier molecular flexibility index (Phi) is 7.81. The van der Waals surface area contributed by atoms with Crippen LogP contribution >= 0.6 is 0 Å². The molecule has 0 unspecified atom stereocenters. The quantitative estimate of drug-likeness (QED) is 0.301. The number of nitrogens with one attached hydrogen (secondary N) is 1. The lowest BCUT2D eigenvalue weighted by Crippen LogP contribution is -2.55. The van der Waals surface area contributed by atoms with Crippen LogP contribution in [0.3, 0.4) is 0 Å². The highest BCUT2D eigenvalue weighted by Crippen LogP contribution is 2.35. The van der Waals surface area contributed by atoms with Gasteiger partial charge in [0, 0.05) is 17.5 Å². The predicted molar refractivity (Wildman–Crippen MR) is 120 cm³/mol. The minimum atomic E-state index is -0.966. The van der Waals surface area contributed by atoms with Crippen LogP contribution in [0.5, 0.6) is 0 Å². The van der Waals surface area contributed by atoms with Gasteiger partial charge in [-0.1, -0.05) is 35.4 Å². The molecule has 0 bridgehead atoms. The zero-order chi connectivity index (χ0) is 24.0. The molecule has 2 heterocycles. The Balaban J connectivity index is 1.77. The summed E-state index contributed by atoms with van der Waals surface area (Å²) >= 11 is 0. The largest absolute Gasteiger partial charge is 0.458 e. The van der Waals surface area contributed by atoms with Crippen molar-refractivity contribution in [2.75, 3.05) is 6.54 Å². The van der Waals surface area contributed by atoms with E-state index < -0.39 is 35.7 Å². The molecule has 4 atom stereocenters. The zero-order valence-electron chi connectivity index (χ0n) is 19.3. The van der Waals surface area contributed by atoms with Crippen LogP contribution in [0.25, 0.3) is 10.4 Å². The van der Waals surface area contributed by atoms with Crippen molar-refractivity contribution in [1.82, 2.24) is 10.2 Å². The van der Waals surface area contributed by atoms with Crippen LogP contribution in [0, 0.1) is 5.92 Å². The fraction of sp³-hybridized carbons (Fsp3) is 0.609. The minimum absolute atomic E-state index is 0.0570. The first-order valence-electron chi connectivity index (χ1n) is 11.2. The number of carbonyl (C=O) groups excluding carboxylic acids is 3. The van der Waals surface area contributed by atoms with Crippen molar-refractivity contribution in [2.45, 2.75) is 76.8 Å². The highest BCUT2D eigenvalue weighted by Gasteiger charge is 2.48. The van der Waals surface area contributed by atoms with Gasteiger partial charge in [0.15, 0.2) is 0 Å². The smallest absolute Gasteiger partial charge is 0.408 e. The van der Waals surface area contributed by atoms with E-state index in [1.54, 1.807) is 25.7 Å². The molecule has 10 nitrogen and oxygen atoms in total. The van der Waals surface area contributed by atoms with Crippen molar-refractivity contribution in [1.29, 1.82) is 0 Å². The molecule has 3 rings (SSSR count). The van der Waals surface area contributed by atoms with Gasteiger partial charge in [-0.15, -0.1) is 0 Å². The molecule has 2 aliphatic heterocycles. The standard InChI is InChI=1S/C23H31N5O5/c1-23(2,3)33-21(30)18-12-11-17-10-9-16(13-25-27-24)19(20(29)28(17)18)26-22(31)32-14-15-7-5-4-6-8-15/h4-8,16-19H,9-14H2,1-3H3,(H,26,31)/t16-,17+,18-,19+/m0/s1. The van der Waals surface area contributed by atoms with Gasteiger partial charge in [0.05, 0.1) is 0 Å². The number of alkyl carbamates (subject to hydrolysis) is 1.